The summed E-state index contributed by atoms with van der Waals surface area (Å²) < 4.78 is 0. The van der Waals surface area contributed by atoms with Crippen molar-refractivity contribution in [2.45, 2.75) is 42.4 Å². The molecular weight excluding hydrogens is 238 g/mol. The van der Waals surface area contributed by atoms with E-state index in [4.69, 9.17) is 0 Å². The fourth-order valence-electron chi connectivity index (χ4n) is 3.32. The van der Waals surface area contributed by atoms with Gasteiger partial charge in [0.05, 0.1) is 0 Å². The summed E-state index contributed by atoms with van der Waals surface area (Å²) in [4.78, 5) is 3.72. The summed E-state index contributed by atoms with van der Waals surface area (Å²) in [6, 6.07) is 9.29. The largest absolute Gasteiger partial charge is 0.309 e. The Morgan fingerprint density at radius 1 is 1.06 bits per heavy atom. The van der Waals surface area contributed by atoms with Crippen LogP contribution in [-0.4, -0.2) is 31.8 Å². The summed E-state index contributed by atoms with van der Waals surface area (Å²) in [5.74, 6) is 0. The van der Waals surface area contributed by atoms with Gasteiger partial charge in [0.1, 0.15) is 0 Å². The van der Waals surface area contributed by atoms with Crippen molar-refractivity contribution >= 4 is 11.8 Å². The highest BCUT2D eigenvalue weighted by molar-refractivity contribution is 7.98. The van der Waals surface area contributed by atoms with Crippen LogP contribution in [0.4, 0.5) is 0 Å². The number of likely N-dealkylation sites (N-methyl/N-ethyl adjacent to an activating group) is 1. The molecule has 1 aromatic rings. The maximum atomic E-state index is 2.36. The highest BCUT2D eigenvalue weighted by atomic mass is 32.2. The smallest absolute Gasteiger partial charge is 0.00800 e. The van der Waals surface area contributed by atoms with E-state index in [9.17, 15) is 0 Å². The van der Waals surface area contributed by atoms with Crippen LogP contribution < -0.4 is 0 Å². The third kappa shape index (κ3) is 3.10. The molecule has 0 aromatic heterocycles. The van der Waals surface area contributed by atoms with E-state index in [2.05, 4.69) is 49.5 Å². The highest BCUT2D eigenvalue weighted by Crippen LogP contribution is 2.40. The molecule has 1 aromatic carbocycles. The van der Waals surface area contributed by atoms with Crippen LogP contribution in [0.15, 0.2) is 29.2 Å². The summed E-state index contributed by atoms with van der Waals surface area (Å²) in [5.41, 5.74) is 1.95. The van der Waals surface area contributed by atoms with Crippen molar-refractivity contribution in [3.05, 3.63) is 29.8 Å². The van der Waals surface area contributed by atoms with E-state index in [0.717, 1.165) is 0 Å². The predicted octanol–water partition coefficient (Wildman–Crippen LogP) is 4.17. The zero-order valence-electron chi connectivity index (χ0n) is 11.9. The molecule has 0 amide bonds. The molecule has 2 rings (SSSR count). The van der Waals surface area contributed by atoms with Gasteiger partial charge in [-0.05, 0) is 50.9 Å². The Kier molecular flexibility index (Phi) is 4.74. The van der Waals surface area contributed by atoms with Crippen LogP contribution in [0.5, 0.6) is 0 Å². The molecule has 0 heterocycles. The molecule has 1 aliphatic rings. The van der Waals surface area contributed by atoms with Gasteiger partial charge in [0, 0.05) is 16.9 Å². The molecule has 18 heavy (non-hydrogen) atoms. The number of hydrogen-bond donors (Lipinski definition) is 0. The molecule has 0 N–H and O–H groups in total. The van der Waals surface area contributed by atoms with E-state index >= 15 is 0 Å². The van der Waals surface area contributed by atoms with E-state index in [-0.39, 0.29) is 0 Å². The Balaban J connectivity index is 2.26. The van der Waals surface area contributed by atoms with Gasteiger partial charge < -0.3 is 4.90 Å². The van der Waals surface area contributed by atoms with Crippen molar-refractivity contribution in [3.63, 3.8) is 0 Å². The molecule has 1 nitrogen and oxygen atoms in total. The Morgan fingerprint density at radius 3 is 2.17 bits per heavy atom. The molecule has 0 bridgehead atoms. The first-order valence-corrected chi connectivity index (χ1v) is 8.18. The average molecular weight is 263 g/mol. The van der Waals surface area contributed by atoms with Crippen LogP contribution in [0.25, 0.3) is 0 Å². The fourth-order valence-corrected chi connectivity index (χ4v) is 3.72. The lowest BCUT2D eigenvalue weighted by molar-refractivity contribution is 0.216. The lowest BCUT2D eigenvalue weighted by Gasteiger charge is -2.40. The average Bonchev–Trinajstić information content (AvgIpc) is 2.39. The molecule has 2 heteroatoms. The standard InChI is InChI=1S/C16H25NS/c1-17(2)13-16(11-5-4-6-12-16)14-7-9-15(18-3)10-8-14/h7-10H,4-6,11-13H2,1-3H3. The Morgan fingerprint density at radius 2 is 1.67 bits per heavy atom. The van der Waals surface area contributed by atoms with Gasteiger partial charge in [-0.2, -0.15) is 0 Å². The van der Waals surface area contributed by atoms with Gasteiger partial charge >= 0.3 is 0 Å². The van der Waals surface area contributed by atoms with Gasteiger partial charge in [0.2, 0.25) is 0 Å². The van der Waals surface area contributed by atoms with E-state index in [1.165, 1.54) is 43.5 Å². The summed E-state index contributed by atoms with van der Waals surface area (Å²) in [6.07, 6.45) is 9.03. The third-order valence-corrected chi connectivity index (χ3v) is 4.88. The number of rotatable bonds is 4. The van der Waals surface area contributed by atoms with E-state index in [1.807, 2.05) is 11.8 Å². The SMILES string of the molecule is CSc1ccc(C2(CN(C)C)CCCCC2)cc1. The van der Waals surface area contributed by atoms with Crippen molar-refractivity contribution in [2.24, 2.45) is 0 Å². The maximum Gasteiger partial charge on any atom is 0.00800 e. The van der Waals surface area contributed by atoms with Gasteiger partial charge in [0.15, 0.2) is 0 Å². The summed E-state index contributed by atoms with van der Waals surface area (Å²) in [7, 11) is 4.40. The summed E-state index contributed by atoms with van der Waals surface area (Å²) in [6.45, 7) is 1.19. The van der Waals surface area contributed by atoms with Crippen molar-refractivity contribution < 1.29 is 0 Å². The van der Waals surface area contributed by atoms with Crippen LogP contribution in [0.1, 0.15) is 37.7 Å². The van der Waals surface area contributed by atoms with Crippen LogP contribution in [0.3, 0.4) is 0 Å². The van der Waals surface area contributed by atoms with Gasteiger partial charge in [-0.1, -0.05) is 31.4 Å². The highest BCUT2D eigenvalue weighted by Gasteiger charge is 2.34. The topological polar surface area (TPSA) is 3.24 Å². The summed E-state index contributed by atoms with van der Waals surface area (Å²) in [5, 5.41) is 0. The van der Waals surface area contributed by atoms with E-state index < -0.39 is 0 Å². The number of benzene rings is 1. The molecule has 0 unspecified atom stereocenters. The molecule has 0 radical (unpaired) electrons. The van der Waals surface area contributed by atoms with Crippen molar-refractivity contribution in [2.75, 3.05) is 26.9 Å². The van der Waals surface area contributed by atoms with E-state index in [0.29, 0.717) is 5.41 Å². The van der Waals surface area contributed by atoms with Crippen molar-refractivity contribution in [3.8, 4) is 0 Å². The first kappa shape index (κ1) is 14.0. The second-order valence-corrected chi connectivity index (χ2v) is 6.69. The predicted molar refractivity (Wildman–Crippen MR) is 81.5 cm³/mol. The van der Waals surface area contributed by atoms with Crippen LogP contribution in [0.2, 0.25) is 0 Å². The molecule has 1 fully saturated rings. The molecule has 1 saturated carbocycles. The van der Waals surface area contributed by atoms with Gasteiger partial charge in [0.25, 0.3) is 0 Å². The van der Waals surface area contributed by atoms with Gasteiger partial charge in [-0.25, -0.2) is 0 Å². The first-order chi connectivity index (χ1) is 8.66. The number of thioether (sulfide) groups is 1. The van der Waals surface area contributed by atoms with Gasteiger partial charge in [-0.15, -0.1) is 11.8 Å². The Bertz CT molecular complexity index is 363. The normalized spacial score (nSPS) is 19.1. The minimum absolute atomic E-state index is 0.401. The van der Waals surface area contributed by atoms with Crippen LogP contribution >= 0.6 is 11.8 Å². The second kappa shape index (κ2) is 6.12. The maximum absolute atomic E-state index is 2.36. The molecule has 0 spiro atoms. The van der Waals surface area contributed by atoms with Gasteiger partial charge in [-0.3, -0.25) is 0 Å². The first-order valence-electron chi connectivity index (χ1n) is 6.96. The molecule has 0 saturated heterocycles. The van der Waals surface area contributed by atoms with E-state index in [1.54, 1.807) is 5.56 Å². The molecule has 0 aliphatic heterocycles. The Hall–Kier alpha value is -0.470. The molecule has 100 valence electrons. The molecule has 1 aliphatic carbocycles. The molecular formula is C16H25NS. The lowest BCUT2D eigenvalue weighted by atomic mass is 9.69. The molecule has 0 atom stereocenters. The quantitative estimate of drug-likeness (QED) is 0.750. The number of hydrogen-bond acceptors (Lipinski definition) is 2. The lowest BCUT2D eigenvalue weighted by Crippen LogP contribution is -2.39. The van der Waals surface area contributed by atoms with Crippen LogP contribution in [-0.2, 0) is 5.41 Å². The zero-order chi connectivity index (χ0) is 13.0. The zero-order valence-corrected chi connectivity index (χ0v) is 12.7. The number of nitrogens with zero attached hydrogens (tertiary/aromatic N) is 1. The Labute approximate surface area is 116 Å². The summed E-state index contributed by atoms with van der Waals surface area (Å²) >= 11 is 1.83. The van der Waals surface area contributed by atoms with Crippen LogP contribution in [0, 0.1) is 0 Å². The van der Waals surface area contributed by atoms with Crippen molar-refractivity contribution in [1.82, 2.24) is 4.90 Å². The minimum atomic E-state index is 0.401. The third-order valence-electron chi connectivity index (χ3n) is 4.13. The minimum Gasteiger partial charge on any atom is -0.309 e. The second-order valence-electron chi connectivity index (χ2n) is 5.81. The monoisotopic (exact) mass is 263 g/mol. The van der Waals surface area contributed by atoms with Crippen molar-refractivity contribution in [1.29, 1.82) is 0 Å². The fraction of sp³-hybridized carbons (Fsp3) is 0.625.